The number of carbonyl (C=O) groups is 1. The second-order valence-electron chi connectivity index (χ2n) is 5.58. The molecule has 0 atom stereocenters. The van der Waals surface area contributed by atoms with Crippen LogP contribution in [-0.2, 0) is 9.53 Å². The first kappa shape index (κ1) is 13.4. The van der Waals surface area contributed by atoms with Crippen molar-refractivity contribution in [2.45, 2.75) is 24.8 Å². The molecule has 1 saturated heterocycles. The molecule has 0 aromatic heterocycles. The molecule has 1 aromatic carbocycles. The van der Waals surface area contributed by atoms with Crippen molar-refractivity contribution in [3.8, 4) is 0 Å². The van der Waals surface area contributed by atoms with Crippen molar-refractivity contribution in [3.05, 3.63) is 24.3 Å². The molecule has 2 aliphatic rings. The minimum atomic E-state index is -0.669. The number of ether oxygens (including phenoxy) is 1. The van der Waals surface area contributed by atoms with Crippen LogP contribution >= 0.6 is 0 Å². The molecule has 1 aromatic rings. The summed E-state index contributed by atoms with van der Waals surface area (Å²) in [5.41, 5.74) is 7.30. The van der Waals surface area contributed by atoms with Crippen molar-refractivity contribution in [3.63, 3.8) is 0 Å². The summed E-state index contributed by atoms with van der Waals surface area (Å²) in [6.45, 7) is 3.15. The van der Waals surface area contributed by atoms with Crippen molar-refractivity contribution in [2.24, 2.45) is 5.73 Å². The predicted molar refractivity (Wildman–Crippen MR) is 78.9 cm³/mol. The first-order valence-corrected chi connectivity index (χ1v) is 7.21. The summed E-state index contributed by atoms with van der Waals surface area (Å²) in [6.07, 6.45) is 2.59. The highest BCUT2D eigenvalue weighted by molar-refractivity contribution is 6.00. The van der Waals surface area contributed by atoms with Gasteiger partial charge in [0.1, 0.15) is 0 Å². The molecule has 0 unspecified atom stereocenters. The highest BCUT2D eigenvalue weighted by Gasteiger charge is 2.40. The Hall–Kier alpha value is -1.59. The topological polar surface area (TPSA) is 67.6 Å². The van der Waals surface area contributed by atoms with Crippen molar-refractivity contribution >= 4 is 17.3 Å². The van der Waals surface area contributed by atoms with Gasteiger partial charge in [0.2, 0.25) is 5.91 Å². The lowest BCUT2D eigenvalue weighted by atomic mass is 9.77. The molecule has 1 aliphatic carbocycles. The van der Waals surface area contributed by atoms with Gasteiger partial charge in [-0.2, -0.15) is 0 Å². The monoisotopic (exact) mass is 275 g/mol. The maximum absolute atomic E-state index is 12.3. The molecule has 3 N–H and O–H groups in total. The molecule has 1 heterocycles. The molecule has 5 heteroatoms. The first-order valence-electron chi connectivity index (χ1n) is 7.21. The van der Waals surface area contributed by atoms with Crippen LogP contribution in [0.1, 0.15) is 19.3 Å². The molecule has 0 bridgehead atoms. The molecule has 1 saturated carbocycles. The quantitative estimate of drug-likeness (QED) is 0.873. The summed E-state index contributed by atoms with van der Waals surface area (Å²) in [7, 11) is 0. The summed E-state index contributed by atoms with van der Waals surface area (Å²) in [4.78, 5) is 14.5. The van der Waals surface area contributed by atoms with Crippen LogP contribution in [0.4, 0.5) is 11.4 Å². The first-order chi connectivity index (χ1) is 9.69. The highest BCUT2D eigenvalue weighted by Crippen LogP contribution is 2.32. The summed E-state index contributed by atoms with van der Waals surface area (Å²) >= 11 is 0. The maximum Gasteiger partial charge on any atom is 0.244 e. The van der Waals surface area contributed by atoms with Gasteiger partial charge < -0.3 is 20.7 Å². The van der Waals surface area contributed by atoms with E-state index in [0.717, 1.165) is 56.9 Å². The second kappa shape index (κ2) is 5.42. The van der Waals surface area contributed by atoms with Gasteiger partial charge in [-0.3, -0.25) is 4.79 Å². The van der Waals surface area contributed by atoms with E-state index in [4.69, 9.17) is 10.5 Å². The molecule has 0 radical (unpaired) electrons. The van der Waals surface area contributed by atoms with E-state index in [1.807, 2.05) is 24.3 Å². The fourth-order valence-electron chi connectivity index (χ4n) is 2.69. The van der Waals surface area contributed by atoms with Crippen LogP contribution in [0.3, 0.4) is 0 Å². The third-order valence-corrected chi connectivity index (χ3v) is 4.20. The van der Waals surface area contributed by atoms with Gasteiger partial charge in [0.15, 0.2) is 0 Å². The summed E-state index contributed by atoms with van der Waals surface area (Å²) < 4.78 is 5.37. The molecule has 20 heavy (non-hydrogen) atoms. The van der Waals surface area contributed by atoms with E-state index in [1.54, 1.807) is 0 Å². The number of nitrogens with one attached hydrogen (secondary N) is 1. The van der Waals surface area contributed by atoms with Crippen LogP contribution in [0.15, 0.2) is 24.3 Å². The van der Waals surface area contributed by atoms with Gasteiger partial charge in [-0.25, -0.2) is 0 Å². The van der Waals surface area contributed by atoms with E-state index in [9.17, 15) is 4.79 Å². The summed E-state index contributed by atoms with van der Waals surface area (Å²) in [5, 5.41) is 3.00. The van der Waals surface area contributed by atoms with Gasteiger partial charge in [0, 0.05) is 13.1 Å². The molecule has 108 valence electrons. The zero-order valence-corrected chi connectivity index (χ0v) is 11.6. The normalized spacial score (nSPS) is 21.1. The Morgan fingerprint density at radius 2 is 1.95 bits per heavy atom. The lowest BCUT2D eigenvalue weighted by Crippen LogP contribution is -2.56. The lowest BCUT2D eigenvalue weighted by molar-refractivity contribution is -0.123. The molecule has 3 rings (SSSR count). The minimum Gasteiger partial charge on any atom is -0.378 e. The Kier molecular flexibility index (Phi) is 3.63. The van der Waals surface area contributed by atoms with Crippen LogP contribution in [-0.4, -0.2) is 37.7 Å². The highest BCUT2D eigenvalue weighted by atomic mass is 16.5. The lowest BCUT2D eigenvalue weighted by Gasteiger charge is -2.37. The van der Waals surface area contributed by atoms with E-state index in [0.29, 0.717) is 0 Å². The molecular formula is C15H21N3O2. The molecule has 2 fully saturated rings. The van der Waals surface area contributed by atoms with Crippen molar-refractivity contribution in [1.82, 2.24) is 0 Å². The fraction of sp³-hybridized carbons (Fsp3) is 0.533. The van der Waals surface area contributed by atoms with Crippen LogP contribution in [0.2, 0.25) is 0 Å². The van der Waals surface area contributed by atoms with E-state index < -0.39 is 5.54 Å². The van der Waals surface area contributed by atoms with Gasteiger partial charge in [0.25, 0.3) is 0 Å². The van der Waals surface area contributed by atoms with Gasteiger partial charge in [-0.05, 0) is 31.4 Å². The molecule has 5 nitrogen and oxygen atoms in total. The maximum atomic E-state index is 12.3. The van der Waals surface area contributed by atoms with Gasteiger partial charge >= 0.3 is 0 Å². The third-order valence-electron chi connectivity index (χ3n) is 4.20. The van der Waals surface area contributed by atoms with Crippen molar-refractivity contribution in [2.75, 3.05) is 36.5 Å². The Morgan fingerprint density at radius 3 is 2.60 bits per heavy atom. The summed E-state index contributed by atoms with van der Waals surface area (Å²) in [6, 6.07) is 7.89. The fourth-order valence-corrected chi connectivity index (χ4v) is 2.69. The average Bonchev–Trinajstić information content (AvgIpc) is 2.46. The Labute approximate surface area is 119 Å². The van der Waals surface area contributed by atoms with E-state index >= 15 is 0 Å². The molecule has 0 spiro atoms. The second-order valence-corrected chi connectivity index (χ2v) is 5.58. The number of morpholine rings is 1. The van der Waals surface area contributed by atoms with Crippen LogP contribution in [0.25, 0.3) is 0 Å². The average molecular weight is 275 g/mol. The number of hydrogen-bond acceptors (Lipinski definition) is 4. The Morgan fingerprint density at radius 1 is 1.25 bits per heavy atom. The summed E-state index contributed by atoms with van der Waals surface area (Å²) in [5.74, 6) is -0.0653. The SMILES string of the molecule is NC1(C(=O)Nc2ccccc2N2CCOCC2)CCC1. The number of anilines is 2. The number of para-hydroxylation sites is 2. The van der Waals surface area contributed by atoms with E-state index in [1.165, 1.54) is 0 Å². The van der Waals surface area contributed by atoms with Gasteiger partial charge in [-0.15, -0.1) is 0 Å². The number of benzene rings is 1. The Balaban J connectivity index is 1.77. The number of hydrogen-bond donors (Lipinski definition) is 2. The third kappa shape index (κ3) is 2.51. The molecule has 1 amide bonds. The Bertz CT molecular complexity index is 494. The van der Waals surface area contributed by atoms with Crippen molar-refractivity contribution in [1.29, 1.82) is 0 Å². The van der Waals surface area contributed by atoms with Crippen LogP contribution < -0.4 is 16.0 Å². The van der Waals surface area contributed by atoms with E-state index in [2.05, 4.69) is 10.2 Å². The van der Waals surface area contributed by atoms with Gasteiger partial charge in [0.05, 0.1) is 30.1 Å². The smallest absolute Gasteiger partial charge is 0.244 e. The van der Waals surface area contributed by atoms with E-state index in [-0.39, 0.29) is 5.91 Å². The van der Waals surface area contributed by atoms with Gasteiger partial charge in [-0.1, -0.05) is 12.1 Å². The zero-order chi connectivity index (χ0) is 14.0. The molecule has 1 aliphatic heterocycles. The van der Waals surface area contributed by atoms with Crippen LogP contribution in [0, 0.1) is 0 Å². The predicted octanol–water partition coefficient (Wildman–Crippen LogP) is 1.34. The number of nitrogens with two attached hydrogens (primary N) is 1. The van der Waals surface area contributed by atoms with Crippen LogP contribution in [0.5, 0.6) is 0 Å². The zero-order valence-electron chi connectivity index (χ0n) is 11.6. The number of carbonyl (C=O) groups excluding carboxylic acids is 1. The number of rotatable bonds is 3. The minimum absolute atomic E-state index is 0.0653. The largest absolute Gasteiger partial charge is 0.378 e. The number of nitrogens with zero attached hydrogens (tertiary/aromatic N) is 1. The number of amides is 1. The van der Waals surface area contributed by atoms with Crippen molar-refractivity contribution < 1.29 is 9.53 Å². The molecular weight excluding hydrogens is 254 g/mol. The standard InChI is InChI=1S/C15H21N3O2/c16-15(6-3-7-15)14(19)17-12-4-1-2-5-13(12)18-8-10-20-11-9-18/h1-2,4-5H,3,6-11,16H2,(H,17,19).